The third-order valence-electron chi connectivity index (χ3n) is 8.93. The van der Waals surface area contributed by atoms with Crippen LogP contribution in [0.2, 0.25) is 0 Å². The number of fused-ring (bicyclic) bond motifs is 1. The molecule has 1 aromatic heterocycles. The van der Waals surface area contributed by atoms with Crippen LogP contribution in [0.4, 0.5) is 4.39 Å². The Morgan fingerprint density at radius 2 is 2.10 bits per heavy atom. The largest absolute Gasteiger partial charge is 0.481 e. The Morgan fingerprint density at radius 3 is 2.79 bits per heavy atom. The van der Waals surface area contributed by atoms with Crippen molar-refractivity contribution in [1.29, 1.82) is 0 Å². The molecule has 4 heterocycles. The molecule has 0 bridgehead atoms. The van der Waals surface area contributed by atoms with Gasteiger partial charge in [-0.2, -0.15) is 0 Å². The highest BCUT2D eigenvalue weighted by molar-refractivity contribution is 7.80. The maximum atomic E-state index is 14.8. The summed E-state index contributed by atoms with van der Waals surface area (Å²) in [5.74, 6) is -1.97. The van der Waals surface area contributed by atoms with Crippen molar-refractivity contribution in [2.45, 2.75) is 44.1 Å². The number of carboxylic acids is 1. The molecular formula is C30H36FN5O4S2. The van der Waals surface area contributed by atoms with E-state index in [4.69, 9.17) is 17.4 Å². The lowest BCUT2D eigenvalue weighted by molar-refractivity contribution is -0.144. The van der Waals surface area contributed by atoms with E-state index in [0.29, 0.717) is 42.6 Å². The van der Waals surface area contributed by atoms with Crippen LogP contribution >= 0.6 is 24.0 Å². The van der Waals surface area contributed by atoms with E-state index in [1.165, 1.54) is 17.4 Å². The molecule has 3 atom stereocenters. The smallest absolute Gasteiger partial charge is 0.336 e. The molecule has 1 aromatic carbocycles. The van der Waals surface area contributed by atoms with Gasteiger partial charge in [-0.1, -0.05) is 12.1 Å². The Kier molecular flexibility index (Phi) is 8.18. The van der Waals surface area contributed by atoms with Gasteiger partial charge in [-0.15, -0.1) is 24.0 Å². The molecule has 4 aliphatic rings. The fraction of sp³-hybridized carbons (Fsp3) is 0.500. The van der Waals surface area contributed by atoms with Crippen molar-refractivity contribution in [3.05, 3.63) is 69.1 Å². The molecule has 1 unspecified atom stereocenters. The molecule has 12 heteroatoms. The number of aliphatic carboxylic acids is 1. The monoisotopic (exact) mass is 613 g/mol. The van der Waals surface area contributed by atoms with Crippen LogP contribution in [0, 0.1) is 18.2 Å². The first-order chi connectivity index (χ1) is 20.2. The minimum absolute atomic E-state index is 0.115. The van der Waals surface area contributed by atoms with Crippen LogP contribution in [0.5, 0.6) is 0 Å². The minimum atomic E-state index is -0.719. The summed E-state index contributed by atoms with van der Waals surface area (Å²) in [5, 5.41) is 15.9. The first-order valence-electron chi connectivity index (χ1n) is 14.4. The topological polar surface area (TPSA) is 98.2 Å². The fourth-order valence-electron chi connectivity index (χ4n) is 6.45. The van der Waals surface area contributed by atoms with Crippen LogP contribution in [-0.2, 0) is 14.3 Å². The molecule has 224 valence electrons. The minimum Gasteiger partial charge on any atom is -0.481 e. The van der Waals surface area contributed by atoms with Gasteiger partial charge >= 0.3 is 11.9 Å². The lowest BCUT2D eigenvalue weighted by Crippen LogP contribution is -2.53. The third kappa shape index (κ3) is 5.50. The average molecular weight is 614 g/mol. The molecule has 1 aliphatic carbocycles. The number of thiol groups is 1. The van der Waals surface area contributed by atoms with Gasteiger partial charge in [0, 0.05) is 68.5 Å². The van der Waals surface area contributed by atoms with E-state index >= 15 is 0 Å². The number of piperazine rings is 1. The summed E-state index contributed by atoms with van der Waals surface area (Å²) in [5.41, 5.74) is 2.45. The zero-order valence-corrected chi connectivity index (χ0v) is 25.5. The van der Waals surface area contributed by atoms with Crippen LogP contribution in [0.25, 0.3) is 5.70 Å². The van der Waals surface area contributed by atoms with Gasteiger partial charge in [-0.3, -0.25) is 19.5 Å². The maximum absolute atomic E-state index is 14.8. The summed E-state index contributed by atoms with van der Waals surface area (Å²) in [6, 6.07) is 5.16. The van der Waals surface area contributed by atoms with E-state index in [1.54, 1.807) is 26.1 Å². The molecule has 2 aromatic rings. The average Bonchev–Trinajstić information content (AvgIpc) is 3.41. The number of dihydropyridines is 1. The number of ether oxygens (including phenoxy) is 1. The molecule has 3 fully saturated rings. The Bertz CT molecular complexity index is 1430. The van der Waals surface area contributed by atoms with Crippen molar-refractivity contribution in [3.8, 4) is 0 Å². The Balaban J connectivity index is 1.29. The number of nitrogens with one attached hydrogen (secondary N) is 1. The number of carbonyl (C=O) groups excluding carboxylic acids is 1. The molecule has 42 heavy (non-hydrogen) atoms. The molecule has 1 saturated carbocycles. The zero-order chi connectivity index (χ0) is 29.6. The summed E-state index contributed by atoms with van der Waals surface area (Å²) >= 11 is 6.37. The van der Waals surface area contributed by atoms with Gasteiger partial charge in [-0.25, -0.2) is 14.2 Å². The van der Waals surface area contributed by atoms with Crippen molar-refractivity contribution in [2.75, 3.05) is 45.9 Å². The molecule has 6 rings (SSSR count). The predicted octanol–water partition coefficient (Wildman–Crippen LogP) is 3.52. The number of benzene rings is 1. The molecule has 9 nitrogen and oxygen atoms in total. The van der Waals surface area contributed by atoms with Crippen LogP contribution in [-0.4, -0.2) is 94.1 Å². The number of aromatic nitrogens is 1. The molecule has 3 aliphatic heterocycles. The van der Waals surface area contributed by atoms with Crippen LogP contribution < -0.4 is 5.32 Å². The van der Waals surface area contributed by atoms with Crippen molar-refractivity contribution in [3.63, 3.8) is 0 Å². The molecular weight excluding hydrogens is 577 g/mol. The number of esters is 1. The van der Waals surface area contributed by atoms with E-state index in [1.807, 2.05) is 17.5 Å². The molecule has 2 N–H and O–H groups in total. The van der Waals surface area contributed by atoms with Crippen molar-refractivity contribution in [1.82, 2.24) is 25.0 Å². The first kappa shape index (κ1) is 29.3. The van der Waals surface area contributed by atoms with Crippen LogP contribution in [0.3, 0.4) is 0 Å². The Hall–Kier alpha value is -2.77. The second-order valence-corrected chi connectivity index (χ2v) is 12.9. The van der Waals surface area contributed by atoms with E-state index in [0.717, 1.165) is 42.6 Å². The van der Waals surface area contributed by atoms with E-state index in [2.05, 4.69) is 25.0 Å². The quantitative estimate of drug-likeness (QED) is 0.290. The fourth-order valence-corrected chi connectivity index (χ4v) is 7.55. The maximum Gasteiger partial charge on any atom is 0.336 e. The number of rotatable bonds is 9. The van der Waals surface area contributed by atoms with Gasteiger partial charge in [0.25, 0.3) is 0 Å². The third-order valence-corrected chi connectivity index (χ3v) is 10.4. The highest BCUT2D eigenvalue weighted by atomic mass is 32.1. The summed E-state index contributed by atoms with van der Waals surface area (Å²) < 4.78 is 20.3. The van der Waals surface area contributed by atoms with Gasteiger partial charge in [0.1, 0.15) is 16.3 Å². The molecule has 0 spiro atoms. The van der Waals surface area contributed by atoms with E-state index in [-0.39, 0.29) is 24.0 Å². The second-order valence-electron chi connectivity index (χ2n) is 11.6. The first-order valence-corrected chi connectivity index (χ1v) is 15.8. The van der Waals surface area contributed by atoms with Crippen molar-refractivity contribution < 1.29 is 23.8 Å². The summed E-state index contributed by atoms with van der Waals surface area (Å²) in [7, 11) is 0. The van der Waals surface area contributed by atoms with Crippen LogP contribution in [0.1, 0.15) is 41.8 Å². The number of halogens is 1. The standard InChI is InChI=1S/C30H36FN5O4S2/c1-3-40-27(37)25-21(20-5-4-6-22(31)18(20)2)13-23(26-32-9-12-42-26)33-24(25)16-34-10-11-36-19(14-34)15-35(29(36)41)17-30(7-8-30)28(38)39/h4-6,9,12-13,19,21,29,33,41H,3,7-8,10-11,14-17H2,1-2H3,(H,38,39)/t19-,21-,29?/m0/s1. The lowest BCUT2D eigenvalue weighted by atomic mass is 9.84. The van der Waals surface area contributed by atoms with Gasteiger partial charge < -0.3 is 15.2 Å². The van der Waals surface area contributed by atoms with E-state index < -0.39 is 23.3 Å². The Labute approximate surface area is 254 Å². The number of thiazole rings is 1. The number of carboxylic acid groups (broad SMARTS) is 1. The van der Waals surface area contributed by atoms with Gasteiger partial charge in [0.2, 0.25) is 0 Å². The summed E-state index contributed by atoms with van der Waals surface area (Å²) in [6.45, 7) is 7.75. The van der Waals surface area contributed by atoms with Crippen molar-refractivity contribution >= 4 is 41.6 Å². The molecule has 2 saturated heterocycles. The van der Waals surface area contributed by atoms with E-state index in [9.17, 15) is 19.1 Å². The normalized spacial score (nSPS) is 26.0. The highest BCUT2D eigenvalue weighted by Gasteiger charge is 2.54. The highest BCUT2D eigenvalue weighted by Crippen LogP contribution is 2.48. The number of nitrogens with zero attached hydrogens (tertiary/aromatic N) is 4. The zero-order valence-electron chi connectivity index (χ0n) is 23.8. The van der Waals surface area contributed by atoms with Crippen LogP contribution in [0.15, 0.2) is 47.1 Å². The Morgan fingerprint density at radius 1 is 1.29 bits per heavy atom. The molecule has 0 amide bonds. The predicted molar refractivity (Wildman–Crippen MR) is 161 cm³/mol. The van der Waals surface area contributed by atoms with Crippen molar-refractivity contribution in [2.24, 2.45) is 5.41 Å². The number of allylic oxidation sites excluding steroid dienone is 1. The number of hydrogen-bond donors (Lipinski definition) is 3. The summed E-state index contributed by atoms with van der Waals surface area (Å²) in [6.07, 6.45) is 5.12. The van der Waals surface area contributed by atoms with Gasteiger partial charge in [0.15, 0.2) is 0 Å². The lowest BCUT2D eigenvalue weighted by Gasteiger charge is -2.39. The number of hydrogen-bond acceptors (Lipinski definition) is 10. The van der Waals surface area contributed by atoms with Gasteiger partial charge in [-0.05, 0) is 50.0 Å². The number of carbonyl (C=O) groups is 2. The molecule has 0 radical (unpaired) electrons. The SMILES string of the molecule is CCOC(=O)C1=C(CN2CCN3C(S)N(CC4(C(=O)O)CC4)C[C@@H]3C2)NC(c2nccs2)=C[C@H]1c1cccc(F)c1C. The van der Waals surface area contributed by atoms with Gasteiger partial charge in [0.05, 0.1) is 23.3 Å². The second kappa shape index (κ2) is 11.7. The summed E-state index contributed by atoms with van der Waals surface area (Å²) in [4.78, 5) is 36.7.